The molecule has 23 heavy (non-hydrogen) atoms. The molecule has 0 heterocycles. The van der Waals surface area contributed by atoms with Crippen LogP contribution in [-0.4, -0.2) is 43.4 Å². The Labute approximate surface area is 138 Å². The van der Waals surface area contributed by atoms with Crippen LogP contribution in [0.3, 0.4) is 0 Å². The number of rotatable bonds is 5. The highest BCUT2D eigenvalue weighted by Gasteiger charge is 2.24. The van der Waals surface area contributed by atoms with E-state index in [9.17, 15) is 9.59 Å². The normalized spacial score (nSPS) is 16.7. The Morgan fingerprint density at radius 3 is 2.48 bits per heavy atom. The molecule has 1 aliphatic rings. The zero-order valence-corrected chi connectivity index (χ0v) is 14.0. The molecule has 1 saturated carbocycles. The summed E-state index contributed by atoms with van der Waals surface area (Å²) < 4.78 is 0. The second kappa shape index (κ2) is 8.11. The van der Waals surface area contributed by atoms with Crippen LogP contribution in [0.2, 0.25) is 0 Å². The van der Waals surface area contributed by atoms with Gasteiger partial charge in [0.25, 0.3) is 11.8 Å². The quantitative estimate of drug-likeness (QED) is 0.872. The molecule has 1 fully saturated rings. The van der Waals surface area contributed by atoms with Crippen molar-refractivity contribution in [2.45, 2.75) is 38.1 Å². The maximum atomic E-state index is 12.5. The van der Waals surface area contributed by atoms with Gasteiger partial charge in [0, 0.05) is 37.8 Å². The number of benzene rings is 1. The highest BCUT2D eigenvalue weighted by Crippen LogP contribution is 2.26. The fourth-order valence-corrected chi connectivity index (χ4v) is 3.21. The Morgan fingerprint density at radius 2 is 1.87 bits per heavy atom. The number of hydrogen-bond acceptors (Lipinski definition) is 3. The van der Waals surface area contributed by atoms with Crippen LogP contribution in [-0.2, 0) is 0 Å². The number of nitrogens with zero attached hydrogens (tertiary/aromatic N) is 1. The Morgan fingerprint density at radius 1 is 1.22 bits per heavy atom. The number of amides is 2. The van der Waals surface area contributed by atoms with Gasteiger partial charge in [-0.25, -0.2) is 0 Å². The van der Waals surface area contributed by atoms with Gasteiger partial charge in [-0.1, -0.05) is 25.3 Å². The lowest BCUT2D eigenvalue weighted by atomic mass is 9.84. The molecule has 5 heteroatoms. The second-order valence-electron chi connectivity index (χ2n) is 6.49. The van der Waals surface area contributed by atoms with Gasteiger partial charge in [0.1, 0.15) is 0 Å². The lowest BCUT2D eigenvalue weighted by Gasteiger charge is -2.30. The fraction of sp³-hybridized carbons (Fsp3) is 0.556. The molecule has 0 saturated heterocycles. The maximum absolute atomic E-state index is 12.5. The summed E-state index contributed by atoms with van der Waals surface area (Å²) in [7, 11) is 3.39. The monoisotopic (exact) mass is 317 g/mol. The fourth-order valence-electron chi connectivity index (χ4n) is 3.21. The minimum atomic E-state index is -0.153. The average molecular weight is 317 g/mol. The van der Waals surface area contributed by atoms with E-state index in [2.05, 4.69) is 5.32 Å². The number of carbonyl (C=O) groups excluding carboxylic acids is 2. The van der Waals surface area contributed by atoms with Crippen molar-refractivity contribution in [2.75, 3.05) is 20.6 Å². The molecule has 1 aromatic rings. The van der Waals surface area contributed by atoms with E-state index < -0.39 is 0 Å². The van der Waals surface area contributed by atoms with Gasteiger partial charge in [0.15, 0.2) is 0 Å². The first kappa shape index (κ1) is 17.5. The van der Waals surface area contributed by atoms with Crippen molar-refractivity contribution in [3.8, 4) is 0 Å². The van der Waals surface area contributed by atoms with Crippen LogP contribution in [0.25, 0.3) is 0 Å². The number of hydrogen-bond donors (Lipinski definition) is 2. The Kier molecular flexibility index (Phi) is 6.16. The lowest BCUT2D eigenvalue weighted by Crippen LogP contribution is -2.45. The summed E-state index contributed by atoms with van der Waals surface area (Å²) in [6.07, 6.45) is 5.95. The minimum absolute atomic E-state index is 0.0102. The molecular weight excluding hydrogens is 290 g/mol. The predicted molar refractivity (Wildman–Crippen MR) is 91.3 cm³/mol. The molecule has 0 radical (unpaired) electrons. The molecule has 3 N–H and O–H groups in total. The summed E-state index contributed by atoms with van der Waals surface area (Å²) >= 11 is 0. The van der Waals surface area contributed by atoms with Crippen molar-refractivity contribution >= 4 is 11.8 Å². The molecule has 2 amide bonds. The number of nitrogens with one attached hydrogen (secondary N) is 1. The summed E-state index contributed by atoms with van der Waals surface area (Å²) in [5.41, 5.74) is 6.90. The molecule has 0 aliphatic heterocycles. The molecule has 1 atom stereocenters. The molecule has 5 nitrogen and oxygen atoms in total. The highest BCUT2D eigenvalue weighted by molar-refractivity contribution is 5.99. The number of nitrogens with two attached hydrogens (primary N) is 1. The summed E-state index contributed by atoms with van der Waals surface area (Å²) in [5.74, 6) is 0.200. The molecule has 0 spiro atoms. The molecule has 0 aromatic heterocycles. The SMILES string of the molecule is CN(C)C(=O)c1cccc(C(=O)NC(CN)C2CCCCC2)c1. The molecular formula is C18H27N3O2. The Balaban J connectivity index is 2.07. The first-order valence-corrected chi connectivity index (χ1v) is 8.35. The summed E-state index contributed by atoms with van der Waals surface area (Å²) in [6.45, 7) is 0.451. The topological polar surface area (TPSA) is 75.4 Å². The van der Waals surface area contributed by atoms with Crippen molar-refractivity contribution in [1.82, 2.24) is 10.2 Å². The van der Waals surface area contributed by atoms with Crippen molar-refractivity contribution in [3.05, 3.63) is 35.4 Å². The van der Waals surface area contributed by atoms with E-state index in [4.69, 9.17) is 5.73 Å². The second-order valence-corrected chi connectivity index (χ2v) is 6.49. The van der Waals surface area contributed by atoms with E-state index in [-0.39, 0.29) is 17.9 Å². The molecule has 126 valence electrons. The van der Waals surface area contributed by atoms with Crippen LogP contribution in [0.15, 0.2) is 24.3 Å². The molecule has 1 aromatic carbocycles. The lowest BCUT2D eigenvalue weighted by molar-refractivity contribution is 0.0827. The first-order valence-electron chi connectivity index (χ1n) is 8.35. The predicted octanol–water partition coefficient (Wildman–Crippen LogP) is 2.03. The van der Waals surface area contributed by atoms with Crippen LogP contribution in [0, 0.1) is 5.92 Å². The standard InChI is InChI=1S/C18H27N3O2/c1-21(2)18(23)15-10-6-9-14(11-15)17(22)20-16(12-19)13-7-4-3-5-8-13/h6,9-11,13,16H,3-5,7-8,12,19H2,1-2H3,(H,20,22). The van der Waals surface area contributed by atoms with E-state index in [1.54, 1.807) is 38.4 Å². The smallest absolute Gasteiger partial charge is 0.253 e. The van der Waals surface area contributed by atoms with Gasteiger partial charge in [0.05, 0.1) is 0 Å². The third-order valence-corrected chi connectivity index (χ3v) is 4.57. The van der Waals surface area contributed by atoms with E-state index in [0.717, 1.165) is 12.8 Å². The summed E-state index contributed by atoms with van der Waals surface area (Å²) in [6, 6.07) is 6.85. The van der Waals surface area contributed by atoms with Crippen LogP contribution in [0.4, 0.5) is 0 Å². The van der Waals surface area contributed by atoms with Gasteiger partial charge in [-0.3, -0.25) is 9.59 Å². The average Bonchev–Trinajstić information content (AvgIpc) is 2.59. The molecule has 1 aliphatic carbocycles. The largest absolute Gasteiger partial charge is 0.348 e. The maximum Gasteiger partial charge on any atom is 0.253 e. The number of carbonyl (C=O) groups is 2. The van der Waals surface area contributed by atoms with Crippen LogP contribution in [0.5, 0.6) is 0 Å². The van der Waals surface area contributed by atoms with E-state index >= 15 is 0 Å². The van der Waals surface area contributed by atoms with Crippen molar-refractivity contribution in [3.63, 3.8) is 0 Å². The van der Waals surface area contributed by atoms with Gasteiger partial charge < -0.3 is 16.0 Å². The summed E-state index contributed by atoms with van der Waals surface area (Å²) in [5, 5.41) is 3.06. The van der Waals surface area contributed by atoms with Gasteiger partial charge in [-0.05, 0) is 37.0 Å². The molecule has 0 bridgehead atoms. The van der Waals surface area contributed by atoms with Crippen molar-refractivity contribution < 1.29 is 9.59 Å². The minimum Gasteiger partial charge on any atom is -0.348 e. The Hall–Kier alpha value is -1.88. The first-order chi connectivity index (χ1) is 11.0. The van der Waals surface area contributed by atoms with Gasteiger partial charge in [0.2, 0.25) is 0 Å². The van der Waals surface area contributed by atoms with Gasteiger partial charge in [-0.15, -0.1) is 0 Å². The van der Waals surface area contributed by atoms with Gasteiger partial charge >= 0.3 is 0 Å². The summed E-state index contributed by atoms with van der Waals surface area (Å²) in [4.78, 5) is 26.0. The third-order valence-electron chi connectivity index (χ3n) is 4.57. The van der Waals surface area contributed by atoms with E-state index in [1.165, 1.54) is 24.2 Å². The third kappa shape index (κ3) is 4.55. The van der Waals surface area contributed by atoms with Crippen LogP contribution < -0.4 is 11.1 Å². The zero-order chi connectivity index (χ0) is 16.8. The highest BCUT2D eigenvalue weighted by atomic mass is 16.2. The Bertz CT molecular complexity index is 551. The zero-order valence-electron chi connectivity index (χ0n) is 14.0. The molecule has 2 rings (SSSR count). The van der Waals surface area contributed by atoms with E-state index in [1.807, 2.05) is 0 Å². The van der Waals surface area contributed by atoms with Crippen LogP contribution >= 0.6 is 0 Å². The van der Waals surface area contributed by atoms with E-state index in [0.29, 0.717) is 23.6 Å². The van der Waals surface area contributed by atoms with Gasteiger partial charge in [-0.2, -0.15) is 0 Å². The van der Waals surface area contributed by atoms with Crippen LogP contribution in [0.1, 0.15) is 52.8 Å². The van der Waals surface area contributed by atoms with Crippen molar-refractivity contribution in [2.24, 2.45) is 11.7 Å². The molecule has 1 unspecified atom stereocenters. The van der Waals surface area contributed by atoms with Crippen molar-refractivity contribution in [1.29, 1.82) is 0 Å².